The van der Waals surface area contributed by atoms with E-state index in [1.807, 2.05) is 31.2 Å². The summed E-state index contributed by atoms with van der Waals surface area (Å²) in [5.74, 6) is 0.235. The molecule has 0 spiro atoms. The standard InChI is InChI=1S/C19H17BrN2O4/c1-19-10-15(14-9-11(17(23)25-2)3-8-16(14)26-19)21-18(24)22(19)13-6-4-12(20)5-7-13/h3-9,15H,10H2,1-2H3,(H,21,24)/t15-,19+/m0/s1. The van der Waals surface area contributed by atoms with Gasteiger partial charge in [-0.15, -0.1) is 0 Å². The van der Waals surface area contributed by atoms with Gasteiger partial charge in [0.25, 0.3) is 0 Å². The third kappa shape index (κ3) is 2.63. The molecule has 6 nitrogen and oxygen atoms in total. The maximum absolute atomic E-state index is 12.8. The predicted octanol–water partition coefficient (Wildman–Crippen LogP) is 4.01. The molecule has 2 heterocycles. The van der Waals surface area contributed by atoms with Crippen molar-refractivity contribution in [1.29, 1.82) is 0 Å². The van der Waals surface area contributed by atoms with Crippen molar-refractivity contribution in [2.45, 2.75) is 25.1 Å². The van der Waals surface area contributed by atoms with Gasteiger partial charge in [0.1, 0.15) is 5.75 Å². The maximum atomic E-state index is 12.8. The van der Waals surface area contributed by atoms with E-state index in [4.69, 9.17) is 9.47 Å². The van der Waals surface area contributed by atoms with Crippen LogP contribution in [0.4, 0.5) is 10.5 Å². The molecule has 2 aliphatic heterocycles. The van der Waals surface area contributed by atoms with E-state index in [9.17, 15) is 9.59 Å². The molecule has 0 aliphatic carbocycles. The molecule has 2 atom stereocenters. The SMILES string of the molecule is COC(=O)c1ccc2c(c1)[C@@H]1C[C@@](C)(O2)N(c2ccc(Br)cc2)C(=O)N1. The average Bonchev–Trinajstić information content (AvgIpc) is 2.61. The minimum absolute atomic E-state index is 0.229. The van der Waals surface area contributed by atoms with E-state index in [1.54, 1.807) is 23.1 Å². The summed E-state index contributed by atoms with van der Waals surface area (Å²) in [5.41, 5.74) is 1.15. The number of amides is 2. The van der Waals surface area contributed by atoms with Crippen molar-refractivity contribution in [3.05, 3.63) is 58.1 Å². The highest BCUT2D eigenvalue weighted by Crippen LogP contribution is 2.45. The highest BCUT2D eigenvalue weighted by molar-refractivity contribution is 9.10. The molecule has 4 rings (SSSR count). The molecule has 0 saturated carbocycles. The largest absolute Gasteiger partial charge is 0.467 e. The zero-order chi connectivity index (χ0) is 18.5. The second kappa shape index (κ2) is 6.02. The summed E-state index contributed by atoms with van der Waals surface area (Å²) in [6.45, 7) is 1.90. The number of rotatable bonds is 2. The van der Waals surface area contributed by atoms with Gasteiger partial charge >= 0.3 is 12.0 Å². The quantitative estimate of drug-likeness (QED) is 0.751. The van der Waals surface area contributed by atoms with Crippen molar-refractivity contribution in [1.82, 2.24) is 5.32 Å². The van der Waals surface area contributed by atoms with E-state index in [2.05, 4.69) is 21.2 Å². The molecule has 1 saturated heterocycles. The summed E-state index contributed by atoms with van der Waals surface area (Å²) >= 11 is 3.41. The summed E-state index contributed by atoms with van der Waals surface area (Å²) in [4.78, 5) is 26.2. The van der Waals surface area contributed by atoms with Gasteiger partial charge in [0.2, 0.25) is 0 Å². The fourth-order valence-corrected chi connectivity index (χ4v) is 3.86. The van der Waals surface area contributed by atoms with Crippen molar-refractivity contribution in [2.75, 3.05) is 12.0 Å². The van der Waals surface area contributed by atoms with E-state index in [-0.39, 0.29) is 12.1 Å². The summed E-state index contributed by atoms with van der Waals surface area (Å²) < 4.78 is 11.9. The van der Waals surface area contributed by atoms with Crippen LogP contribution in [0.5, 0.6) is 5.75 Å². The number of hydrogen-bond donors (Lipinski definition) is 1. The summed E-state index contributed by atoms with van der Waals surface area (Å²) in [6, 6.07) is 12.2. The van der Waals surface area contributed by atoms with E-state index in [0.717, 1.165) is 15.7 Å². The van der Waals surface area contributed by atoms with Crippen LogP contribution in [0.1, 0.15) is 35.3 Å². The highest BCUT2D eigenvalue weighted by atomic mass is 79.9. The van der Waals surface area contributed by atoms with Gasteiger partial charge in [-0.25, -0.2) is 9.59 Å². The molecular formula is C19H17BrN2O4. The number of fused-ring (bicyclic) bond motifs is 4. The Kier molecular flexibility index (Phi) is 3.91. The molecule has 134 valence electrons. The second-order valence-electron chi connectivity index (χ2n) is 6.54. The Labute approximate surface area is 159 Å². The summed E-state index contributed by atoms with van der Waals surface area (Å²) in [5, 5.41) is 3.02. The third-order valence-electron chi connectivity index (χ3n) is 4.78. The van der Waals surface area contributed by atoms with E-state index in [0.29, 0.717) is 17.7 Å². The zero-order valence-corrected chi connectivity index (χ0v) is 15.9. The van der Waals surface area contributed by atoms with Gasteiger partial charge in [0.05, 0.1) is 18.7 Å². The Morgan fingerprint density at radius 2 is 2.04 bits per heavy atom. The number of halogens is 1. The molecule has 2 bridgehead atoms. The maximum Gasteiger partial charge on any atom is 0.337 e. The minimum atomic E-state index is -0.819. The van der Waals surface area contributed by atoms with Crippen LogP contribution in [0.2, 0.25) is 0 Å². The van der Waals surface area contributed by atoms with Crippen molar-refractivity contribution in [3.8, 4) is 5.75 Å². The first-order chi connectivity index (χ1) is 12.4. The number of carbonyl (C=O) groups is 2. The van der Waals surface area contributed by atoms with Gasteiger partial charge in [-0.05, 0) is 49.4 Å². The third-order valence-corrected chi connectivity index (χ3v) is 5.31. The Morgan fingerprint density at radius 3 is 2.73 bits per heavy atom. The fourth-order valence-electron chi connectivity index (χ4n) is 3.60. The van der Waals surface area contributed by atoms with Crippen LogP contribution in [0.15, 0.2) is 46.9 Å². The molecule has 0 aromatic heterocycles. The summed E-state index contributed by atoms with van der Waals surface area (Å²) in [7, 11) is 1.34. The van der Waals surface area contributed by atoms with Crippen LogP contribution in [0.25, 0.3) is 0 Å². The van der Waals surface area contributed by atoms with Gasteiger partial charge < -0.3 is 14.8 Å². The van der Waals surface area contributed by atoms with Crippen LogP contribution >= 0.6 is 15.9 Å². The van der Waals surface area contributed by atoms with Gasteiger partial charge in [0.15, 0.2) is 5.72 Å². The van der Waals surface area contributed by atoms with E-state index >= 15 is 0 Å². The topological polar surface area (TPSA) is 67.9 Å². The second-order valence-corrected chi connectivity index (χ2v) is 7.45. The average molecular weight is 417 g/mol. The molecular weight excluding hydrogens is 400 g/mol. The molecule has 2 aromatic carbocycles. The number of benzene rings is 2. The number of urea groups is 1. The fraction of sp³-hybridized carbons (Fsp3) is 0.263. The van der Waals surface area contributed by atoms with Crippen molar-refractivity contribution in [2.24, 2.45) is 0 Å². The number of nitrogens with one attached hydrogen (secondary N) is 1. The number of hydrogen-bond acceptors (Lipinski definition) is 4. The van der Waals surface area contributed by atoms with E-state index < -0.39 is 11.7 Å². The number of nitrogens with zero attached hydrogens (tertiary/aromatic N) is 1. The highest BCUT2D eigenvalue weighted by Gasteiger charge is 2.49. The normalized spacial score (nSPS) is 23.6. The molecule has 7 heteroatoms. The smallest absolute Gasteiger partial charge is 0.337 e. The Bertz CT molecular complexity index is 899. The number of esters is 1. The van der Waals surface area contributed by atoms with Crippen molar-refractivity contribution < 1.29 is 19.1 Å². The number of carbonyl (C=O) groups excluding carboxylic acids is 2. The molecule has 2 aromatic rings. The lowest BCUT2D eigenvalue weighted by atomic mass is 9.89. The van der Waals surface area contributed by atoms with E-state index in [1.165, 1.54) is 7.11 Å². The lowest BCUT2D eigenvalue weighted by Gasteiger charge is -2.50. The number of anilines is 1. The van der Waals surface area contributed by atoms with Crippen LogP contribution in [0, 0.1) is 0 Å². The first-order valence-corrected chi connectivity index (χ1v) is 8.98. The monoisotopic (exact) mass is 416 g/mol. The molecule has 0 radical (unpaired) electrons. The zero-order valence-electron chi connectivity index (χ0n) is 14.3. The molecule has 2 amide bonds. The lowest BCUT2D eigenvalue weighted by Crippen LogP contribution is -2.65. The minimum Gasteiger partial charge on any atom is -0.467 e. The first kappa shape index (κ1) is 16.9. The Morgan fingerprint density at radius 1 is 1.31 bits per heavy atom. The van der Waals surface area contributed by atoms with Gasteiger partial charge in [-0.3, -0.25) is 4.90 Å². The molecule has 1 fully saturated rings. The first-order valence-electron chi connectivity index (χ1n) is 8.19. The molecule has 2 aliphatic rings. The van der Waals surface area contributed by atoms with Crippen LogP contribution in [-0.2, 0) is 4.74 Å². The van der Waals surface area contributed by atoms with Crippen LogP contribution < -0.4 is 15.0 Å². The van der Waals surface area contributed by atoms with Crippen LogP contribution in [0.3, 0.4) is 0 Å². The molecule has 26 heavy (non-hydrogen) atoms. The predicted molar refractivity (Wildman–Crippen MR) is 99.3 cm³/mol. The molecule has 1 N–H and O–H groups in total. The van der Waals surface area contributed by atoms with Gasteiger partial charge in [-0.2, -0.15) is 0 Å². The lowest BCUT2D eigenvalue weighted by molar-refractivity contribution is 0.0377. The molecule has 0 unspecified atom stereocenters. The van der Waals surface area contributed by atoms with Gasteiger partial charge in [0, 0.05) is 22.1 Å². The van der Waals surface area contributed by atoms with Gasteiger partial charge in [-0.1, -0.05) is 15.9 Å². The Balaban J connectivity index is 1.75. The number of ether oxygens (including phenoxy) is 2. The number of methoxy groups -OCH3 is 1. The summed E-state index contributed by atoms with van der Waals surface area (Å²) in [6.07, 6.45) is 0.562. The van der Waals surface area contributed by atoms with Crippen molar-refractivity contribution in [3.63, 3.8) is 0 Å². The van der Waals surface area contributed by atoms with Crippen LogP contribution in [-0.4, -0.2) is 24.8 Å². The Hall–Kier alpha value is -2.54. The van der Waals surface area contributed by atoms with Crippen molar-refractivity contribution >= 4 is 33.6 Å².